The highest BCUT2D eigenvalue weighted by atomic mass is 16.5. The third-order valence-corrected chi connectivity index (χ3v) is 2.06. The Morgan fingerprint density at radius 2 is 2.00 bits per heavy atom. The number of aryl methyl sites for hydroxylation is 1. The lowest BCUT2D eigenvalue weighted by Gasteiger charge is -2.03. The minimum Gasteiger partial charge on any atom is -0.497 e. The minimum atomic E-state index is 0.866. The van der Waals surface area contributed by atoms with Crippen LogP contribution in [0.5, 0.6) is 5.75 Å². The molecular weight excluding hydrogens is 176 g/mol. The van der Waals surface area contributed by atoms with Crippen LogP contribution in [0.1, 0.15) is 0 Å². The Balaban J connectivity index is 2.33. The maximum Gasteiger partial charge on any atom is 0.243 e. The van der Waals surface area contributed by atoms with E-state index in [1.807, 2.05) is 52.8 Å². The number of methoxy groups -OCH3 is 1. The van der Waals surface area contributed by atoms with Gasteiger partial charge in [0, 0.05) is 12.4 Å². The Morgan fingerprint density at radius 1 is 1.29 bits per heavy atom. The standard InChI is InChI=1S/C11H12N2O/c1-12-7-8-13(9-12)10-3-5-11(14-2)6-4-10/h3-8H,1-2H3. The van der Waals surface area contributed by atoms with Gasteiger partial charge in [-0.15, -0.1) is 0 Å². The zero-order valence-electron chi connectivity index (χ0n) is 8.27. The van der Waals surface area contributed by atoms with Crippen molar-refractivity contribution < 1.29 is 9.30 Å². The van der Waals surface area contributed by atoms with Crippen molar-refractivity contribution in [3.63, 3.8) is 0 Å². The summed E-state index contributed by atoms with van der Waals surface area (Å²) in [4.78, 5) is 0. The van der Waals surface area contributed by atoms with E-state index in [2.05, 4.69) is 6.33 Å². The number of hydrogen-bond donors (Lipinski definition) is 0. The van der Waals surface area contributed by atoms with E-state index < -0.39 is 0 Å². The fraction of sp³-hybridized carbons (Fsp3) is 0.182. The molecule has 0 radical (unpaired) electrons. The molecule has 0 unspecified atom stereocenters. The summed E-state index contributed by atoms with van der Waals surface area (Å²) in [6.45, 7) is 0. The Hall–Kier alpha value is -1.77. The minimum absolute atomic E-state index is 0.866. The van der Waals surface area contributed by atoms with Crippen LogP contribution in [0.3, 0.4) is 0 Å². The van der Waals surface area contributed by atoms with Gasteiger partial charge < -0.3 is 13.9 Å². The van der Waals surface area contributed by atoms with Crippen molar-refractivity contribution in [3.8, 4) is 11.4 Å². The number of ether oxygens (including phenoxy) is 1. The average molecular weight is 188 g/mol. The Labute approximate surface area is 83.2 Å². The van der Waals surface area contributed by atoms with Crippen molar-refractivity contribution in [2.45, 2.75) is 0 Å². The second-order valence-corrected chi connectivity index (χ2v) is 3.08. The number of rotatable bonds is 2. The largest absolute Gasteiger partial charge is 0.497 e. The van der Waals surface area contributed by atoms with Gasteiger partial charge in [0.15, 0.2) is 0 Å². The monoisotopic (exact) mass is 188 g/mol. The second kappa shape index (κ2) is 3.54. The first-order chi connectivity index (χ1) is 6.79. The third-order valence-electron chi connectivity index (χ3n) is 2.06. The molecule has 1 aromatic heterocycles. The Bertz CT molecular complexity index is 417. The first-order valence-electron chi connectivity index (χ1n) is 4.40. The summed E-state index contributed by atoms with van der Waals surface area (Å²) >= 11 is 0. The van der Waals surface area contributed by atoms with Crippen LogP contribution in [0, 0.1) is 6.33 Å². The molecule has 2 aromatic rings. The molecule has 0 bridgehead atoms. The van der Waals surface area contributed by atoms with Crippen LogP contribution in [0.15, 0.2) is 36.7 Å². The van der Waals surface area contributed by atoms with Gasteiger partial charge in [-0.1, -0.05) is 12.1 Å². The molecule has 0 aliphatic rings. The van der Waals surface area contributed by atoms with E-state index in [-0.39, 0.29) is 0 Å². The zero-order chi connectivity index (χ0) is 9.97. The van der Waals surface area contributed by atoms with E-state index in [0.29, 0.717) is 0 Å². The molecule has 0 aliphatic heterocycles. The van der Waals surface area contributed by atoms with Crippen LogP contribution in [-0.4, -0.2) is 11.7 Å². The highest BCUT2D eigenvalue weighted by Crippen LogP contribution is 2.13. The molecule has 3 heteroatoms. The quantitative estimate of drug-likeness (QED) is 0.510. The molecule has 3 nitrogen and oxygen atoms in total. The molecule has 0 saturated heterocycles. The highest BCUT2D eigenvalue weighted by molar-refractivity contribution is 5.36. The summed E-state index contributed by atoms with van der Waals surface area (Å²) in [5.74, 6) is 0.866. The molecule has 0 spiro atoms. The van der Waals surface area contributed by atoms with Gasteiger partial charge in [-0.2, -0.15) is 0 Å². The van der Waals surface area contributed by atoms with Crippen LogP contribution >= 0.6 is 0 Å². The zero-order valence-corrected chi connectivity index (χ0v) is 8.27. The molecule has 72 valence electrons. The van der Waals surface area contributed by atoms with Crippen molar-refractivity contribution in [2.75, 3.05) is 7.11 Å². The summed E-state index contributed by atoms with van der Waals surface area (Å²) in [6.07, 6.45) is 7.03. The van der Waals surface area contributed by atoms with Crippen LogP contribution < -0.4 is 9.30 Å². The van der Waals surface area contributed by atoms with Gasteiger partial charge in [0.25, 0.3) is 0 Å². The Morgan fingerprint density at radius 3 is 2.50 bits per heavy atom. The van der Waals surface area contributed by atoms with Crippen LogP contribution in [0.2, 0.25) is 0 Å². The van der Waals surface area contributed by atoms with E-state index in [1.165, 1.54) is 0 Å². The van der Waals surface area contributed by atoms with Crippen molar-refractivity contribution in [1.29, 1.82) is 0 Å². The van der Waals surface area contributed by atoms with E-state index in [9.17, 15) is 0 Å². The fourth-order valence-electron chi connectivity index (χ4n) is 1.29. The summed E-state index contributed by atoms with van der Waals surface area (Å²) < 4.78 is 8.89. The van der Waals surface area contributed by atoms with Crippen LogP contribution in [0.25, 0.3) is 5.69 Å². The highest BCUT2D eigenvalue weighted by Gasteiger charge is 1.96. The molecule has 1 aromatic carbocycles. The lowest BCUT2D eigenvalue weighted by Crippen LogP contribution is -2.24. The molecule has 0 N–H and O–H groups in total. The molecule has 14 heavy (non-hydrogen) atoms. The summed E-state index contributed by atoms with van der Waals surface area (Å²) in [7, 11) is 3.61. The SMILES string of the molecule is COc1ccc(-n2[c-][n+](C)cc2)cc1. The lowest BCUT2D eigenvalue weighted by molar-refractivity contribution is -0.674. The van der Waals surface area contributed by atoms with Crippen molar-refractivity contribution in [1.82, 2.24) is 4.57 Å². The van der Waals surface area contributed by atoms with E-state index in [1.54, 1.807) is 7.11 Å². The van der Waals surface area contributed by atoms with Crippen LogP contribution in [-0.2, 0) is 7.05 Å². The maximum atomic E-state index is 5.09. The van der Waals surface area contributed by atoms with Gasteiger partial charge in [0.05, 0.1) is 19.8 Å². The molecule has 0 amide bonds. The number of aromatic nitrogens is 2. The van der Waals surface area contributed by atoms with Crippen molar-refractivity contribution >= 4 is 0 Å². The second-order valence-electron chi connectivity index (χ2n) is 3.08. The predicted molar refractivity (Wildman–Crippen MR) is 52.3 cm³/mol. The van der Waals surface area contributed by atoms with Gasteiger partial charge in [-0.25, -0.2) is 0 Å². The molecule has 1 heterocycles. The maximum absolute atomic E-state index is 5.09. The molecule has 2 rings (SSSR count). The van der Waals surface area contributed by atoms with Gasteiger partial charge in [-0.05, 0) is 12.1 Å². The number of benzene rings is 1. The smallest absolute Gasteiger partial charge is 0.243 e. The summed E-state index contributed by atoms with van der Waals surface area (Å²) in [5.41, 5.74) is 1.08. The topological polar surface area (TPSA) is 18.0 Å². The van der Waals surface area contributed by atoms with Crippen molar-refractivity contribution in [2.24, 2.45) is 7.05 Å². The van der Waals surface area contributed by atoms with Gasteiger partial charge in [0.1, 0.15) is 5.75 Å². The predicted octanol–water partition coefficient (Wildman–Crippen LogP) is 1.11. The molecule has 0 atom stereocenters. The number of hydrogen-bond acceptors (Lipinski definition) is 1. The molecular formula is C11H12N2O. The molecule has 0 aliphatic carbocycles. The van der Waals surface area contributed by atoms with E-state index in [4.69, 9.17) is 4.74 Å². The normalized spacial score (nSPS) is 10.1. The Kier molecular flexibility index (Phi) is 2.23. The van der Waals surface area contributed by atoms with E-state index >= 15 is 0 Å². The van der Waals surface area contributed by atoms with Gasteiger partial charge in [-0.3, -0.25) is 0 Å². The van der Waals surface area contributed by atoms with Crippen molar-refractivity contribution in [3.05, 3.63) is 43.0 Å². The summed E-state index contributed by atoms with van der Waals surface area (Å²) in [6, 6.07) is 7.86. The van der Waals surface area contributed by atoms with Gasteiger partial charge >= 0.3 is 0 Å². The van der Waals surface area contributed by atoms with Crippen LogP contribution in [0.4, 0.5) is 0 Å². The molecule has 0 saturated carbocycles. The third kappa shape index (κ3) is 1.62. The fourth-order valence-corrected chi connectivity index (χ4v) is 1.29. The first-order valence-corrected chi connectivity index (χ1v) is 4.40. The van der Waals surface area contributed by atoms with E-state index in [0.717, 1.165) is 11.4 Å². The number of imidazole rings is 1. The first kappa shape index (κ1) is 8.81. The average Bonchev–Trinajstić information content (AvgIpc) is 2.65. The lowest BCUT2D eigenvalue weighted by atomic mass is 10.3. The van der Waals surface area contributed by atoms with Gasteiger partial charge in [0.2, 0.25) is 6.33 Å². The summed E-state index contributed by atoms with van der Waals surface area (Å²) in [5, 5.41) is 0. The number of nitrogens with zero attached hydrogens (tertiary/aromatic N) is 2. The molecule has 0 fully saturated rings.